The number of aryl methyl sites for hydroxylation is 1. The van der Waals surface area contributed by atoms with E-state index < -0.39 is 24.2 Å². The van der Waals surface area contributed by atoms with Crippen molar-refractivity contribution in [2.24, 2.45) is 12.5 Å². The van der Waals surface area contributed by atoms with E-state index in [1.54, 1.807) is 26.4 Å². The largest absolute Gasteiger partial charge is 0.490 e. The molecule has 4 N–H and O–H groups in total. The lowest BCUT2D eigenvalue weighted by atomic mass is 9.83. The van der Waals surface area contributed by atoms with Gasteiger partial charge in [-0.2, -0.15) is 18.3 Å². The van der Waals surface area contributed by atoms with Crippen molar-refractivity contribution in [2.75, 3.05) is 7.11 Å². The molecule has 1 heterocycles. The molecule has 1 aromatic heterocycles. The van der Waals surface area contributed by atoms with Crippen LogP contribution in [0.4, 0.5) is 13.2 Å². The van der Waals surface area contributed by atoms with E-state index in [9.17, 15) is 27.9 Å². The van der Waals surface area contributed by atoms with Crippen LogP contribution < -0.4 is 10.6 Å². The summed E-state index contributed by atoms with van der Waals surface area (Å²) in [4.78, 5) is 34.5. The number of alkyl halides is 3. The summed E-state index contributed by atoms with van der Waals surface area (Å²) in [7, 11) is 3.43. The fourth-order valence-corrected chi connectivity index (χ4v) is 5.41. The first kappa shape index (κ1) is 26.9. The Morgan fingerprint density at radius 3 is 2.20 bits per heavy atom. The lowest BCUT2D eigenvalue weighted by Gasteiger charge is -2.30. The van der Waals surface area contributed by atoms with Crippen molar-refractivity contribution in [3.05, 3.63) is 18.0 Å². The van der Waals surface area contributed by atoms with Crippen LogP contribution in [0.15, 0.2) is 12.3 Å². The van der Waals surface area contributed by atoms with Gasteiger partial charge in [0, 0.05) is 32.4 Å². The van der Waals surface area contributed by atoms with Crippen LogP contribution in [-0.2, 0) is 26.2 Å². The summed E-state index contributed by atoms with van der Waals surface area (Å²) in [5, 5.41) is 27.6. The van der Waals surface area contributed by atoms with Crippen LogP contribution in [0.5, 0.6) is 0 Å². The minimum Gasteiger partial charge on any atom is -0.475 e. The van der Waals surface area contributed by atoms with Crippen molar-refractivity contribution >= 4 is 17.8 Å². The van der Waals surface area contributed by atoms with E-state index in [1.807, 2.05) is 0 Å². The Hall–Kier alpha value is -2.67. The van der Waals surface area contributed by atoms with Gasteiger partial charge in [0.25, 0.3) is 5.91 Å². The van der Waals surface area contributed by atoms with Gasteiger partial charge in [0.15, 0.2) is 6.10 Å². The third kappa shape index (κ3) is 5.77. The fourth-order valence-electron chi connectivity index (χ4n) is 5.41. The highest BCUT2D eigenvalue weighted by atomic mass is 19.4. The molecule has 3 aliphatic carbocycles. The number of carboxylic acid groups (broad SMARTS) is 1. The van der Waals surface area contributed by atoms with Gasteiger partial charge < -0.3 is 25.6 Å². The van der Waals surface area contributed by atoms with Crippen molar-refractivity contribution in [1.29, 1.82) is 0 Å². The summed E-state index contributed by atoms with van der Waals surface area (Å²) in [5.74, 6) is -3.11. The summed E-state index contributed by atoms with van der Waals surface area (Å²) in [5.41, 5.74) is 0.0117. The highest BCUT2D eigenvalue weighted by molar-refractivity contribution is 5.85. The Morgan fingerprint density at radius 1 is 1.17 bits per heavy atom. The molecule has 1 aromatic rings. The predicted octanol–water partition coefficient (Wildman–Crippen LogP) is 1.59. The molecule has 35 heavy (non-hydrogen) atoms. The second kappa shape index (κ2) is 10.1. The molecule has 1 unspecified atom stereocenters. The van der Waals surface area contributed by atoms with E-state index in [1.165, 1.54) is 4.68 Å². The van der Waals surface area contributed by atoms with Crippen LogP contribution in [0.2, 0.25) is 0 Å². The molecule has 0 aromatic carbocycles. The predicted molar refractivity (Wildman–Crippen MR) is 115 cm³/mol. The topological polar surface area (TPSA) is 143 Å². The summed E-state index contributed by atoms with van der Waals surface area (Å²) < 4.78 is 38.9. The first-order valence-electron chi connectivity index (χ1n) is 11.5. The van der Waals surface area contributed by atoms with E-state index in [0.717, 1.165) is 51.4 Å². The maximum Gasteiger partial charge on any atom is 0.490 e. The van der Waals surface area contributed by atoms with Gasteiger partial charge in [-0.15, -0.1) is 0 Å². The van der Waals surface area contributed by atoms with Gasteiger partial charge in [-0.3, -0.25) is 14.3 Å². The molecule has 4 rings (SSSR count). The van der Waals surface area contributed by atoms with Crippen molar-refractivity contribution in [2.45, 2.75) is 81.3 Å². The Bertz CT molecular complexity index is 942. The number of nitrogens with one attached hydrogen (secondary N) is 2. The molecule has 0 aliphatic heterocycles. The zero-order chi connectivity index (χ0) is 26.0. The minimum absolute atomic E-state index is 0.0947. The summed E-state index contributed by atoms with van der Waals surface area (Å²) in [6.45, 7) is 0. The first-order chi connectivity index (χ1) is 16.3. The Balaban J connectivity index is 0.000000429. The SMILES string of the molecule is COC12CCC(C(=O)N[C@@H]3CCC[C@H]3NC(=O)C(O)c3ccnn3C)(CC1)C2.O=C(O)C(F)(F)F. The number of aliphatic hydroxyl groups is 1. The molecule has 3 fully saturated rings. The van der Waals surface area contributed by atoms with Crippen molar-refractivity contribution in [3.8, 4) is 0 Å². The van der Waals surface area contributed by atoms with Crippen LogP contribution >= 0.6 is 0 Å². The molecule has 13 heteroatoms. The number of amides is 2. The van der Waals surface area contributed by atoms with Crippen LogP contribution in [0.1, 0.15) is 63.2 Å². The number of ether oxygens (including phenoxy) is 1. The van der Waals surface area contributed by atoms with Crippen LogP contribution in [0.25, 0.3) is 0 Å². The minimum atomic E-state index is -5.08. The van der Waals surface area contributed by atoms with E-state index in [4.69, 9.17) is 14.6 Å². The third-order valence-electron chi connectivity index (χ3n) is 7.48. The molecular formula is C22H31F3N4O6. The van der Waals surface area contributed by atoms with Gasteiger partial charge >= 0.3 is 12.1 Å². The second-order valence-corrected chi connectivity index (χ2v) is 9.56. The average Bonchev–Trinajstić information content (AvgIpc) is 3.58. The molecule has 3 atom stereocenters. The van der Waals surface area contributed by atoms with Gasteiger partial charge in [0.1, 0.15) is 0 Å². The molecule has 2 amide bonds. The standard InChI is InChI=1S/C20H30N4O4.C2HF3O2/c1-24-15(6-11-21-24)16(25)17(26)22-13-4-3-5-14(13)23-18(27)19-7-9-20(12-19,28-2)10-8-19;3-2(4,5)1(6)7/h6,11,13-14,16,25H,3-5,7-10,12H2,1-2H3,(H,22,26)(H,23,27);(H,6,7)/t13-,14-,16?,19?,20?;/m1./s1. The number of aliphatic hydroxyl groups excluding tert-OH is 1. The highest BCUT2D eigenvalue weighted by Gasteiger charge is 2.58. The average molecular weight is 505 g/mol. The van der Waals surface area contributed by atoms with E-state index in [2.05, 4.69) is 15.7 Å². The van der Waals surface area contributed by atoms with E-state index in [0.29, 0.717) is 5.69 Å². The van der Waals surface area contributed by atoms with E-state index >= 15 is 0 Å². The van der Waals surface area contributed by atoms with Gasteiger partial charge in [-0.05, 0) is 57.4 Å². The lowest BCUT2D eigenvalue weighted by Crippen LogP contribution is -2.52. The van der Waals surface area contributed by atoms with Gasteiger partial charge in [-0.25, -0.2) is 4.79 Å². The molecule has 3 saturated carbocycles. The van der Waals surface area contributed by atoms with Gasteiger partial charge in [0.05, 0.1) is 16.7 Å². The number of fused-ring (bicyclic) bond motifs is 2. The molecular weight excluding hydrogens is 473 g/mol. The molecule has 3 aliphatic rings. The number of hydrogen-bond acceptors (Lipinski definition) is 6. The fraction of sp³-hybridized carbons (Fsp3) is 0.727. The summed E-state index contributed by atoms with van der Waals surface area (Å²) >= 11 is 0. The van der Waals surface area contributed by atoms with Gasteiger partial charge in [-0.1, -0.05) is 0 Å². The zero-order valence-corrected chi connectivity index (χ0v) is 19.6. The molecule has 10 nitrogen and oxygen atoms in total. The number of rotatable bonds is 6. The summed E-state index contributed by atoms with van der Waals surface area (Å²) in [6, 6.07) is 1.37. The Kier molecular flexibility index (Phi) is 7.80. The number of methoxy groups -OCH3 is 1. The van der Waals surface area contributed by atoms with Crippen LogP contribution in [-0.4, -0.2) is 68.7 Å². The number of halogens is 3. The quantitative estimate of drug-likeness (QED) is 0.461. The Morgan fingerprint density at radius 2 is 1.74 bits per heavy atom. The number of carbonyl (C=O) groups is 3. The highest BCUT2D eigenvalue weighted by Crippen LogP contribution is 2.58. The maximum absolute atomic E-state index is 13.1. The second-order valence-electron chi connectivity index (χ2n) is 9.56. The number of aromatic nitrogens is 2. The van der Waals surface area contributed by atoms with Crippen molar-refractivity contribution in [3.63, 3.8) is 0 Å². The molecule has 0 radical (unpaired) electrons. The molecule has 0 spiro atoms. The zero-order valence-electron chi connectivity index (χ0n) is 19.6. The number of hydrogen-bond donors (Lipinski definition) is 4. The first-order valence-corrected chi connectivity index (χ1v) is 11.5. The van der Waals surface area contributed by atoms with Crippen molar-refractivity contribution in [1.82, 2.24) is 20.4 Å². The molecule has 0 saturated heterocycles. The number of aliphatic carboxylic acids is 1. The molecule has 2 bridgehead atoms. The normalized spacial score (nSPS) is 30.3. The third-order valence-corrected chi connectivity index (χ3v) is 7.48. The summed E-state index contributed by atoms with van der Waals surface area (Å²) in [6.07, 6.45) is 2.19. The smallest absolute Gasteiger partial charge is 0.475 e. The van der Waals surface area contributed by atoms with Crippen LogP contribution in [0.3, 0.4) is 0 Å². The molecule has 196 valence electrons. The maximum atomic E-state index is 13.1. The van der Waals surface area contributed by atoms with Crippen molar-refractivity contribution < 1.29 is 42.5 Å². The number of nitrogens with zero attached hydrogens (tertiary/aromatic N) is 2. The van der Waals surface area contributed by atoms with E-state index in [-0.39, 0.29) is 29.0 Å². The monoisotopic (exact) mass is 504 g/mol. The lowest BCUT2D eigenvalue weighted by molar-refractivity contribution is -0.192. The van der Waals surface area contributed by atoms with Crippen LogP contribution in [0, 0.1) is 5.41 Å². The number of carbonyl (C=O) groups excluding carboxylic acids is 2. The van der Waals surface area contributed by atoms with Gasteiger partial charge in [0.2, 0.25) is 5.91 Å². The Labute approximate surface area is 200 Å². The number of carboxylic acids is 1.